The van der Waals surface area contributed by atoms with Crippen molar-refractivity contribution in [3.05, 3.63) is 64.8 Å². The fourth-order valence-corrected chi connectivity index (χ4v) is 2.83. The highest BCUT2D eigenvalue weighted by Crippen LogP contribution is 2.31. The molecule has 4 aromatic rings. The summed E-state index contributed by atoms with van der Waals surface area (Å²) in [6.07, 6.45) is 3.52. The second-order valence-electron chi connectivity index (χ2n) is 5.72. The summed E-state index contributed by atoms with van der Waals surface area (Å²) in [4.78, 5) is 17.0. The molecule has 0 aliphatic carbocycles. The van der Waals surface area contributed by atoms with E-state index in [1.54, 1.807) is 25.1 Å². The van der Waals surface area contributed by atoms with E-state index < -0.39 is 0 Å². The van der Waals surface area contributed by atoms with Crippen LogP contribution in [0.5, 0.6) is 11.5 Å². The van der Waals surface area contributed by atoms with E-state index in [2.05, 4.69) is 15.2 Å². The number of nitrogens with one attached hydrogen (secondary N) is 1. The van der Waals surface area contributed by atoms with Crippen molar-refractivity contribution >= 4 is 5.65 Å². The highest BCUT2D eigenvalue weighted by molar-refractivity contribution is 5.67. The Labute approximate surface area is 148 Å². The highest BCUT2D eigenvalue weighted by Gasteiger charge is 2.11. The van der Waals surface area contributed by atoms with Crippen molar-refractivity contribution in [2.75, 3.05) is 14.2 Å². The summed E-state index contributed by atoms with van der Waals surface area (Å²) in [6, 6.07) is 10.7. The van der Waals surface area contributed by atoms with Gasteiger partial charge < -0.3 is 9.47 Å². The number of ether oxygens (including phenoxy) is 2. The molecule has 0 aliphatic rings. The number of benzene rings is 1. The maximum absolute atomic E-state index is 12.4. The van der Waals surface area contributed by atoms with Crippen LogP contribution in [-0.4, -0.2) is 38.6 Å². The van der Waals surface area contributed by atoms with Crippen LogP contribution in [0.2, 0.25) is 0 Å². The van der Waals surface area contributed by atoms with Crippen LogP contribution in [0.3, 0.4) is 0 Å². The van der Waals surface area contributed by atoms with Crippen molar-refractivity contribution in [3.63, 3.8) is 0 Å². The zero-order chi connectivity index (χ0) is 18.1. The highest BCUT2D eigenvalue weighted by atomic mass is 16.5. The van der Waals surface area contributed by atoms with Crippen LogP contribution < -0.4 is 15.0 Å². The molecule has 0 unspecified atom stereocenters. The summed E-state index contributed by atoms with van der Waals surface area (Å²) in [5, 5.41) is 7.22. The first-order chi connectivity index (χ1) is 12.7. The number of hydrogen-bond acceptors (Lipinski definition) is 5. The number of H-pyrrole nitrogens is 1. The molecule has 3 aromatic heterocycles. The number of fused-ring (bicyclic) bond motifs is 1. The van der Waals surface area contributed by atoms with Crippen LogP contribution >= 0.6 is 0 Å². The Balaban J connectivity index is 1.76. The zero-order valence-electron chi connectivity index (χ0n) is 14.3. The molecule has 1 aromatic carbocycles. The van der Waals surface area contributed by atoms with Crippen LogP contribution in [-0.2, 0) is 6.54 Å². The molecule has 0 amide bonds. The lowest BCUT2D eigenvalue weighted by Crippen LogP contribution is -2.16. The summed E-state index contributed by atoms with van der Waals surface area (Å²) >= 11 is 0. The maximum Gasteiger partial charge on any atom is 0.272 e. The topological polar surface area (TPSA) is 86.4 Å². The van der Waals surface area contributed by atoms with E-state index >= 15 is 0 Å². The van der Waals surface area contributed by atoms with E-state index in [1.807, 2.05) is 36.5 Å². The van der Waals surface area contributed by atoms with Crippen molar-refractivity contribution in [1.82, 2.24) is 24.4 Å². The van der Waals surface area contributed by atoms with Crippen molar-refractivity contribution < 1.29 is 9.47 Å². The van der Waals surface area contributed by atoms with Gasteiger partial charge in [-0.3, -0.25) is 14.6 Å². The lowest BCUT2D eigenvalue weighted by Gasteiger charge is -2.08. The Bertz CT molecular complexity index is 1110. The Morgan fingerprint density at radius 1 is 1.12 bits per heavy atom. The zero-order valence-corrected chi connectivity index (χ0v) is 14.3. The van der Waals surface area contributed by atoms with Gasteiger partial charge in [0.2, 0.25) is 0 Å². The van der Waals surface area contributed by atoms with Crippen molar-refractivity contribution in [1.29, 1.82) is 0 Å². The molecule has 0 radical (unpaired) electrons. The SMILES string of the molecule is COc1ccc(-c2cc3nc(Cn4cccn4)cc(=O)n3[nH]2)cc1OC. The van der Waals surface area contributed by atoms with Gasteiger partial charge in [-0.25, -0.2) is 9.50 Å². The van der Waals surface area contributed by atoms with Crippen LogP contribution in [0.15, 0.2) is 53.6 Å². The summed E-state index contributed by atoms with van der Waals surface area (Å²) in [5.41, 5.74) is 2.64. The molecule has 1 N–H and O–H groups in total. The average molecular weight is 351 g/mol. The number of nitrogens with zero attached hydrogens (tertiary/aromatic N) is 4. The van der Waals surface area contributed by atoms with Crippen molar-refractivity contribution in [3.8, 4) is 22.8 Å². The first-order valence-corrected chi connectivity index (χ1v) is 7.99. The molecule has 0 fully saturated rings. The summed E-state index contributed by atoms with van der Waals surface area (Å²) in [5.74, 6) is 1.26. The summed E-state index contributed by atoms with van der Waals surface area (Å²) < 4.78 is 13.7. The molecule has 8 heteroatoms. The Hall–Kier alpha value is -3.55. The summed E-state index contributed by atoms with van der Waals surface area (Å²) in [6.45, 7) is 0.440. The molecule has 0 saturated heterocycles. The third kappa shape index (κ3) is 2.81. The second kappa shape index (κ2) is 6.40. The van der Waals surface area contributed by atoms with Gasteiger partial charge in [-0.2, -0.15) is 5.10 Å². The molecular weight excluding hydrogens is 334 g/mol. The predicted octanol–water partition coefficient (Wildman–Crippen LogP) is 1.95. The molecule has 0 atom stereocenters. The predicted molar refractivity (Wildman–Crippen MR) is 95.7 cm³/mol. The van der Waals surface area contributed by atoms with E-state index in [4.69, 9.17) is 9.47 Å². The lowest BCUT2D eigenvalue weighted by atomic mass is 10.1. The molecule has 0 spiro atoms. The molecule has 26 heavy (non-hydrogen) atoms. The van der Waals surface area contributed by atoms with Gasteiger partial charge in [0.1, 0.15) is 0 Å². The van der Waals surface area contributed by atoms with Gasteiger partial charge in [0.05, 0.1) is 32.2 Å². The van der Waals surface area contributed by atoms with Gasteiger partial charge >= 0.3 is 0 Å². The van der Waals surface area contributed by atoms with E-state index in [0.717, 1.165) is 11.3 Å². The van der Waals surface area contributed by atoms with Gasteiger partial charge in [0, 0.05) is 30.1 Å². The summed E-state index contributed by atoms with van der Waals surface area (Å²) in [7, 11) is 3.17. The van der Waals surface area contributed by atoms with Gasteiger partial charge in [0.15, 0.2) is 17.1 Å². The van der Waals surface area contributed by atoms with Gasteiger partial charge in [-0.1, -0.05) is 0 Å². The number of aromatic nitrogens is 5. The molecule has 132 valence electrons. The number of methoxy groups -OCH3 is 2. The minimum Gasteiger partial charge on any atom is -0.493 e. The minimum absolute atomic E-state index is 0.177. The number of rotatable bonds is 5. The first kappa shape index (κ1) is 15.9. The molecule has 0 saturated carbocycles. The lowest BCUT2D eigenvalue weighted by molar-refractivity contribution is 0.355. The van der Waals surface area contributed by atoms with Gasteiger partial charge in [-0.15, -0.1) is 0 Å². The molecule has 4 rings (SSSR count). The average Bonchev–Trinajstić information content (AvgIpc) is 3.31. The first-order valence-electron chi connectivity index (χ1n) is 7.99. The molecule has 8 nitrogen and oxygen atoms in total. The van der Waals surface area contributed by atoms with Gasteiger partial charge in [-0.05, 0) is 24.3 Å². The van der Waals surface area contributed by atoms with Crippen LogP contribution in [0.4, 0.5) is 0 Å². The molecular formula is C18H17N5O3. The van der Waals surface area contributed by atoms with E-state index in [0.29, 0.717) is 29.4 Å². The van der Waals surface area contributed by atoms with Crippen LogP contribution in [0.25, 0.3) is 16.9 Å². The van der Waals surface area contributed by atoms with E-state index in [9.17, 15) is 4.79 Å². The standard InChI is InChI=1S/C18H17N5O3/c1-25-15-5-4-12(8-16(15)26-2)14-10-17-20-13(9-18(24)23(17)21-14)11-22-7-3-6-19-22/h3-10,21H,11H2,1-2H3. The van der Waals surface area contributed by atoms with Crippen LogP contribution in [0, 0.1) is 0 Å². The minimum atomic E-state index is -0.177. The Morgan fingerprint density at radius 2 is 1.96 bits per heavy atom. The van der Waals surface area contributed by atoms with E-state index in [-0.39, 0.29) is 5.56 Å². The number of aromatic amines is 1. The molecule has 0 bridgehead atoms. The Morgan fingerprint density at radius 3 is 2.69 bits per heavy atom. The largest absolute Gasteiger partial charge is 0.493 e. The van der Waals surface area contributed by atoms with Crippen LogP contribution in [0.1, 0.15) is 5.69 Å². The third-order valence-corrected chi connectivity index (χ3v) is 4.08. The van der Waals surface area contributed by atoms with E-state index in [1.165, 1.54) is 10.6 Å². The smallest absolute Gasteiger partial charge is 0.272 e. The Kier molecular flexibility index (Phi) is 3.92. The normalized spacial score (nSPS) is 11.0. The molecule has 0 aliphatic heterocycles. The van der Waals surface area contributed by atoms with Crippen molar-refractivity contribution in [2.45, 2.75) is 6.54 Å². The second-order valence-corrected chi connectivity index (χ2v) is 5.72. The monoisotopic (exact) mass is 351 g/mol. The fraction of sp³-hybridized carbons (Fsp3) is 0.167. The quantitative estimate of drug-likeness (QED) is 0.594. The number of hydrogen-bond donors (Lipinski definition) is 1. The molecule has 3 heterocycles. The third-order valence-electron chi connectivity index (χ3n) is 4.08. The van der Waals surface area contributed by atoms with Gasteiger partial charge in [0.25, 0.3) is 5.56 Å². The fourth-order valence-electron chi connectivity index (χ4n) is 2.83. The van der Waals surface area contributed by atoms with Crippen molar-refractivity contribution in [2.24, 2.45) is 0 Å². The maximum atomic E-state index is 12.4.